The van der Waals surface area contributed by atoms with Gasteiger partial charge in [0.25, 0.3) is 0 Å². The van der Waals surface area contributed by atoms with E-state index in [0.29, 0.717) is 6.54 Å². The summed E-state index contributed by atoms with van der Waals surface area (Å²) >= 11 is 0. The lowest BCUT2D eigenvalue weighted by Gasteiger charge is -2.16. The van der Waals surface area contributed by atoms with Crippen molar-refractivity contribution in [2.45, 2.75) is 26.5 Å². The molecule has 0 aliphatic heterocycles. The van der Waals surface area contributed by atoms with Crippen molar-refractivity contribution in [3.63, 3.8) is 0 Å². The normalized spacial score (nSPS) is 12.4. The van der Waals surface area contributed by atoms with E-state index in [1.807, 2.05) is 49.1 Å². The molecular formula is C16H23N3O2. The maximum absolute atomic E-state index is 10.3. The number of hydrogen-bond acceptors (Lipinski definition) is 4. The number of aliphatic hydroxyl groups is 1. The van der Waals surface area contributed by atoms with Crippen LogP contribution in [0.25, 0.3) is 0 Å². The molecule has 0 bridgehead atoms. The molecule has 0 aliphatic carbocycles. The molecule has 0 radical (unpaired) electrons. The number of methoxy groups -OCH3 is 1. The van der Waals surface area contributed by atoms with Crippen LogP contribution in [0.4, 0.5) is 0 Å². The smallest absolute Gasteiger partial charge is 0.124 e. The van der Waals surface area contributed by atoms with Crippen LogP contribution >= 0.6 is 0 Å². The molecule has 0 saturated carbocycles. The molecule has 5 heteroatoms. The fourth-order valence-electron chi connectivity index (χ4n) is 2.25. The molecule has 114 valence electrons. The van der Waals surface area contributed by atoms with Crippen LogP contribution in [0.3, 0.4) is 0 Å². The summed E-state index contributed by atoms with van der Waals surface area (Å²) in [5.74, 6) is 0.720. The lowest BCUT2D eigenvalue weighted by Crippen LogP contribution is -2.25. The third kappa shape index (κ3) is 4.31. The summed E-state index contributed by atoms with van der Waals surface area (Å²) in [6.45, 7) is 6.05. The van der Waals surface area contributed by atoms with Crippen molar-refractivity contribution in [3.8, 4) is 5.75 Å². The van der Waals surface area contributed by atoms with Gasteiger partial charge < -0.3 is 15.2 Å². The quantitative estimate of drug-likeness (QED) is 0.764. The number of aliphatic hydroxyl groups excluding tert-OH is 1. The Labute approximate surface area is 125 Å². The highest BCUT2D eigenvalue weighted by molar-refractivity contribution is 5.38. The predicted molar refractivity (Wildman–Crippen MR) is 82.5 cm³/mol. The highest BCUT2D eigenvalue weighted by atomic mass is 16.5. The molecule has 1 aromatic carbocycles. The number of hydrogen-bond donors (Lipinski definition) is 2. The van der Waals surface area contributed by atoms with Gasteiger partial charge in [-0.3, -0.25) is 4.68 Å². The Balaban J connectivity index is 1.84. The van der Waals surface area contributed by atoms with Gasteiger partial charge in [0.15, 0.2) is 0 Å². The first-order chi connectivity index (χ1) is 10.1. The Hall–Kier alpha value is -1.85. The molecule has 0 spiro atoms. The Morgan fingerprint density at radius 1 is 1.33 bits per heavy atom. The molecule has 1 heterocycles. The highest BCUT2D eigenvalue weighted by Crippen LogP contribution is 2.25. The van der Waals surface area contributed by atoms with Crippen molar-refractivity contribution < 1.29 is 9.84 Å². The van der Waals surface area contributed by atoms with Crippen molar-refractivity contribution in [2.24, 2.45) is 0 Å². The summed E-state index contributed by atoms with van der Waals surface area (Å²) in [5.41, 5.74) is 3.08. The summed E-state index contributed by atoms with van der Waals surface area (Å²) in [5, 5.41) is 17.8. The minimum Gasteiger partial charge on any atom is -0.496 e. The third-order valence-corrected chi connectivity index (χ3v) is 3.36. The first-order valence-corrected chi connectivity index (χ1v) is 7.12. The van der Waals surface area contributed by atoms with Gasteiger partial charge in [0.1, 0.15) is 5.75 Å². The average molecular weight is 289 g/mol. The molecule has 2 rings (SSSR count). The van der Waals surface area contributed by atoms with Crippen LogP contribution in [0.15, 0.2) is 30.6 Å². The predicted octanol–water partition coefficient (Wildman–Crippen LogP) is 1.83. The van der Waals surface area contributed by atoms with E-state index >= 15 is 0 Å². The van der Waals surface area contributed by atoms with E-state index in [4.69, 9.17) is 4.74 Å². The lowest BCUT2D eigenvalue weighted by molar-refractivity contribution is 0.170. The number of ether oxygens (including phenoxy) is 1. The molecule has 2 aromatic rings. The lowest BCUT2D eigenvalue weighted by atomic mass is 10.1. The highest BCUT2D eigenvalue weighted by Gasteiger charge is 2.13. The molecule has 0 fully saturated rings. The van der Waals surface area contributed by atoms with Gasteiger partial charge in [-0.2, -0.15) is 5.10 Å². The molecule has 1 atom stereocenters. The van der Waals surface area contributed by atoms with Gasteiger partial charge in [-0.1, -0.05) is 11.6 Å². The van der Waals surface area contributed by atoms with Crippen LogP contribution in [0, 0.1) is 13.8 Å². The third-order valence-electron chi connectivity index (χ3n) is 3.36. The van der Waals surface area contributed by atoms with E-state index in [9.17, 15) is 5.11 Å². The number of aryl methyl sites for hydroxylation is 2. The monoisotopic (exact) mass is 289 g/mol. The SMILES string of the molecule is COc1ccc(C)cc1C(O)CNCCn1cc(C)cn1. The van der Waals surface area contributed by atoms with Gasteiger partial charge in [0.05, 0.1) is 26.0 Å². The number of benzene rings is 1. The Bertz CT molecular complexity index is 581. The summed E-state index contributed by atoms with van der Waals surface area (Å²) in [4.78, 5) is 0. The zero-order valence-electron chi connectivity index (χ0n) is 12.8. The molecule has 0 saturated heterocycles. The second-order valence-electron chi connectivity index (χ2n) is 5.25. The summed E-state index contributed by atoms with van der Waals surface area (Å²) in [6, 6.07) is 5.82. The molecule has 0 amide bonds. The van der Waals surface area contributed by atoms with Crippen molar-refractivity contribution >= 4 is 0 Å². The van der Waals surface area contributed by atoms with Crippen molar-refractivity contribution in [1.29, 1.82) is 0 Å². The molecular weight excluding hydrogens is 266 g/mol. The Kier molecular flexibility index (Phi) is 5.36. The average Bonchev–Trinajstić information content (AvgIpc) is 2.89. The second kappa shape index (κ2) is 7.24. The van der Waals surface area contributed by atoms with Gasteiger partial charge >= 0.3 is 0 Å². The van der Waals surface area contributed by atoms with E-state index in [1.54, 1.807) is 7.11 Å². The van der Waals surface area contributed by atoms with E-state index in [-0.39, 0.29) is 0 Å². The molecule has 0 aliphatic rings. The second-order valence-corrected chi connectivity index (χ2v) is 5.25. The molecule has 2 N–H and O–H groups in total. The Morgan fingerprint density at radius 3 is 2.81 bits per heavy atom. The van der Waals surface area contributed by atoms with Crippen LogP contribution in [0.2, 0.25) is 0 Å². The first kappa shape index (κ1) is 15.5. The van der Waals surface area contributed by atoms with Crippen LogP contribution in [-0.4, -0.2) is 35.1 Å². The van der Waals surface area contributed by atoms with Crippen LogP contribution in [0.5, 0.6) is 5.75 Å². The standard InChI is InChI=1S/C16H23N3O2/c1-12-4-5-16(21-3)14(8-12)15(20)10-17-6-7-19-11-13(2)9-18-19/h4-5,8-9,11,15,17,20H,6-7,10H2,1-3H3. The zero-order valence-corrected chi connectivity index (χ0v) is 12.8. The van der Waals surface area contributed by atoms with Crippen molar-refractivity contribution in [1.82, 2.24) is 15.1 Å². The number of nitrogens with one attached hydrogen (secondary N) is 1. The van der Waals surface area contributed by atoms with Crippen LogP contribution in [0.1, 0.15) is 22.8 Å². The summed E-state index contributed by atoms with van der Waals surface area (Å²) in [7, 11) is 1.62. The minimum absolute atomic E-state index is 0.486. The number of rotatable bonds is 7. The van der Waals surface area contributed by atoms with E-state index in [0.717, 1.165) is 35.5 Å². The topological polar surface area (TPSA) is 59.3 Å². The van der Waals surface area contributed by atoms with E-state index < -0.39 is 6.10 Å². The zero-order chi connectivity index (χ0) is 15.2. The van der Waals surface area contributed by atoms with Gasteiger partial charge in [-0.15, -0.1) is 0 Å². The van der Waals surface area contributed by atoms with Crippen molar-refractivity contribution in [3.05, 3.63) is 47.3 Å². The molecule has 5 nitrogen and oxygen atoms in total. The summed E-state index contributed by atoms with van der Waals surface area (Å²) in [6.07, 6.45) is 3.26. The largest absolute Gasteiger partial charge is 0.496 e. The Morgan fingerprint density at radius 2 is 2.14 bits per heavy atom. The molecule has 21 heavy (non-hydrogen) atoms. The first-order valence-electron chi connectivity index (χ1n) is 7.12. The maximum atomic E-state index is 10.3. The minimum atomic E-state index is -0.584. The van der Waals surface area contributed by atoms with Gasteiger partial charge in [0, 0.05) is 24.8 Å². The van der Waals surface area contributed by atoms with Crippen LogP contribution in [-0.2, 0) is 6.54 Å². The van der Waals surface area contributed by atoms with Crippen LogP contribution < -0.4 is 10.1 Å². The number of aromatic nitrogens is 2. The fourth-order valence-corrected chi connectivity index (χ4v) is 2.25. The van der Waals surface area contributed by atoms with Crippen molar-refractivity contribution in [2.75, 3.05) is 20.2 Å². The van der Waals surface area contributed by atoms with E-state index in [2.05, 4.69) is 10.4 Å². The molecule has 1 aromatic heterocycles. The fraction of sp³-hybridized carbons (Fsp3) is 0.438. The maximum Gasteiger partial charge on any atom is 0.124 e. The number of nitrogens with zero attached hydrogens (tertiary/aromatic N) is 2. The summed E-state index contributed by atoms with van der Waals surface area (Å²) < 4.78 is 7.19. The van der Waals surface area contributed by atoms with E-state index in [1.165, 1.54) is 0 Å². The van der Waals surface area contributed by atoms with Gasteiger partial charge in [-0.05, 0) is 31.5 Å². The molecule has 1 unspecified atom stereocenters. The van der Waals surface area contributed by atoms with Gasteiger partial charge in [0.2, 0.25) is 0 Å². The van der Waals surface area contributed by atoms with Gasteiger partial charge in [-0.25, -0.2) is 0 Å².